The van der Waals surface area contributed by atoms with Crippen molar-refractivity contribution >= 4 is 11.7 Å². The summed E-state index contributed by atoms with van der Waals surface area (Å²) in [4.78, 5) is 17.1. The van der Waals surface area contributed by atoms with Crippen LogP contribution in [0, 0.1) is 12.1 Å². The molecule has 0 spiro atoms. The van der Waals surface area contributed by atoms with Crippen molar-refractivity contribution in [3.05, 3.63) is 24.5 Å². The van der Waals surface area contributed by atoms with E-state index in [1.165, 1.54) is 0 Å². The minimum absolute atomic E-state index is 0.0540. The summed E-state index contributed by atoms with van der Waals surface area (Å²) in [6.07, 6.45) is 4.59. The van der Waals surface area contributed by atoms with E-state index in [1.54, 1.807) is 13.1 Å². The molecule has 0 saturated carbocycles. The van der Waals surface area contributed by atoms with Gasteiger partial charge in [-0.15, -0.1) is 0 Å². The molecule has 1 aromatic heterocycles. The second-order valence-corrected chi connectivity index (χ2v) is 4.23. The molecular formula is C12H16N3O2. The number of carboxylic acids is 1. The number of nitrogens with one attached hydrogen (secondary N) is 1. The third-order valence-electron chi connectivity index (χ3n) is 3.15. The largest absolute Gasteiger partial charge is 0.481 e. The number of pyridine rings is 1. The van der Waals surface area contributed by atoms with Gasteiger partial charge in [-0.2, -0.15) is 0 Å². The summed E-state index contributed by atoms with van der Waals surface area (Å²) in [5, 5.41) is 12.3. The first-order valence-corrected chi connectivity index (χ1v) is 5.73. The van der Waals surface area contributed by atoms with Crippen molar-refractivity contribution < 1.29 is 9.90 Å². The molecule has 5 nitrogen and oxygen atoms in total. The Balaban J connectivity index is 2.21. The highest BCUT2D eigenvalue weighted by Crippen LogP contribution is 2.21. The van der Waals surface area contributed by atoms with Gasteiger partial charge >= 0.3 is 5.97 Å². The molecule has 0 aliphatic carbocycles. The molecule has 2 unspecified atom stereocenters. The molecule has 2 heterocycles. The highest BCUT2D eigenvalue weighted by Gasteiger charge is 2.31. The van der Waals surface area contributed by atoms with Crippen molar-refractivity contribution in [2.45, 2.75) is 13.0 Å². The van der Waals surface area contributed by atoms with Gasteiger partial charge in [0.2, 0.25) is 0 Å². The number of rotatable bonds is 3. The predicted octanol–water partition coefficient (Wildman–Crippen LogP) is 0.381. The van der Waals surface area contributed by atoms with Crippen LogP contribution in [0.25, 0.3) is 0 Å². The van der Waals surface area contributed by atoms with E-state index in [4.69, 9.17) is 5.11 Å². The Bertz CT molecular complexity index is 383. The van der Waals surface area contributed by atoms with Crippen LogP contribution in [-0.2, 0) is 4.79 Å². The van der Waals surface area contributed by atoms with Crippen LogP contribution in [0.5, 0.6) is 0 Å². The number of piperazine rings is 1. The van der Waals surface area contributed by atoms with Crippen LogP contribution in [0.3, 0.4) is 0 Å². The van der Waals surface area contributed by atoms with Crippen molar-refractivity contribution in [1.29, 1.82) is 0 Å². The minimum atomic E-state index is -0.771. The van der Waals surface area contributed by atoms with Crippen molar-refractivity contribution in [2.75, 3.05) is 24.5 Å². The fraction of sp³-hybridized carbons (Fsp3) is 0.500. The van der Waals surface area contributed by atoms with E-state index in [1.807, 2.05) is 12.1 Å². The predicted molar refractivity (Wildman–Crippen MR) is 63.9 cm³/mol. The second-order valence-electron chi connectivity index (χ2n) is 4.23. The quantitative estimate of drug-likeness (QED) is 0.791. The van der Waals surface area contributed by atoms with Crippen molar-refractivity contribution in [3.63, 3.8) is 0 Å². The molecule has 5 heteroatoms. The van der Waals surface area contributed by atoms with Crippen LogP contribution in [-0.4, -0.2) is 41.7 Å². The molecule has 1 aliphatic heterocycles. The zero-order chi connectivity index (χ0) is 12.3. The van der Waals surface area contributed by atoms with Gasteiger partial charge < -0.3 is 15.3 Å². The van der Waals surface area contributed by atoms with Crippen LogP contribution in [0.4, 0.5) is 5.69 Å². The Morgan fingerprint density at radius 1 is 1.76 bits per heavy atom. The number of carbonyl (C=O) groups is 1. The van der Waals surface area contributed by atoms with Gasteiger partial charge in [-0.3, -0.25) is 9.78 Å². The third-order valence-corrected chi connectivity index (χ3v) is 3.15. The molecule has 2 atom stereocenters. The topological polar surface area (TPSA) is 65.5 Å². The number of carboxylic acid groups (broad SMARTS) is 1. The van der Waals surface area contributed by atoms with Crippen LogP contribution < -0.4 is 10.2 Å². The smallest absolute Gasteiger partial charge is 0.308 e. The van der Waals surface area contributed by atoms with Crippen LogP contribution in [0.2, 0.25) is 0 Å². The van der Waals surface area contributed by atoms with Crippen LogP contribution >= 0.6 is 0 Å². The van der Waals surface area contributed by atoms with E-state index < -0.39 is 11.9 Å². The molecule has 91 valence electrons. The zero-order valence-corrected chi connectivity index (χ0v) is 9.76. The maximum atomic E-state index is 11.1. The summed E-state index contributed by atoms with van der Waals surface area (Å²) < 4.78 is 0. The van der Waals surface area contributed by atoms with Gasteiger partial charge in [-0.05, 0) is 19.1 Å². The Hall–Kier alpha value is -1.62. The summed E-state index contributed by atoms with van der Waals surface area (Å²) in [7, 11) is 0. The lowest BCUT2D eigenvalue weighted by Crippen LogP contribution is -2.55. The van der Waals surface area contributed by atoms with Gasteiger partial charge in [0, 0.05) is 25.8 Å². The summed E-state index contributed by atoms with van der Waals surface area (Å²) in [6.45, 7) is 4.05. The number of nitrogens with zero attached hydrogens (tertiary/aromatic N) is 2. The van der Waals surface area contributed by atoms with Gasteiger partial charge in [-0.25, -0.2) is 0 Å². The first-order valence-electron chi connectivity index (χ1n) is 5.73. The lowest BCUT2D eigenvalue weighted by molar-refractivity contribution is -0.141. The average Bonchev–Trinajstić information content (AvgIpc) is 2.39. The van der Waals surface area contributed by atoms with E-state index in [2.05, 4.69) is 21.4 Å². The highest BCUT2D eigenvalue weighted by atomic mass is 16.4. The van der Waals surface area contributed by atoms with Crippen LogP contribution in [0.15, 0.2) is 18.3 Å². The fourth-order valence-electron chi connectivity index (χ4n) is 2.11. The van der Waals surface area contributed by atoms with E-state index >= 15 is 0 Å². The van der Waals surface area contributed by atoms with Gasteiger partial charge in [0.15, 0.2) is 0 Å². The molecule has 0 amide bonds. The lowest BCUT2D eigenvalue weighted by Gasteiger charge is -2.39. The molecule has 1 aliphatic rings. The first kappa shape index (κ1) is 11.9. The van der Waals surface area contributed by atoms with Gasteiger partial charge in [0.1, 0.15) is 6.20 Å². The number of aliphatic carboxylic acids is 1. The molecule has 1 fully saturated rings. The highest BCUT2D eigenvalue weighted by molar-refractivity contribution is 5.71. The molecular weight excluding hydrogens is 218 g/mol. The van der Waals surface area contributed by atoms with Crippen LogP contribution in [0.1, 0.15) is 6.92 Å². The molecule has 17 heavy (non-hydrogen) atoms. The summed E-state index contributed by atoms with van der Waals surface area (Å²) in [5.41, 5.74) is 0.868. The molecule has 1 aromatic rings. The van der Waals surface area contributed by atoms with E-state index in [0.29, 0.717) is 6.54 Å². The SMILES string of the molecule is CC(C(=O)O)C1CNCCN1c1[c]nccc1. The molecule has 0 bridgehead atoms. The molecule has 2 N–H and O–H groups in total. The number of aromatic nitrogens is 1. The van der Waals surface area contributed by atoms with Crippen molar-refractivity contribution in [3.8, 4) is 0 Å². The molecule has 1 saturated heterocycles. The minimum Gasteiger partial charge on any atom is -0.481 e. The third kappa shape index (κ3) is 2.55. The van der Waals surface area contributed by atoms with Crippen molar-refractivity contribution in [2.24, 2.45) is 5.92 Å². The number of anilines is 1. The Kier molecular flexibility index (Phi) is 3.58. The maximum absolute atomic E-state index is 11.1. The lowest BCUT2D eigenvalue weighted by atomic mass is 9.98. The summed E-state index contributed by atoms with van der Waals surface area (Å²) >= 11 is 0. The monoisotopic (exact) mass is 234 g/mol. The molecule has 1 radical (unpaired) electrons. The number of hydrogen-bond acceptors (Lipinski definition) is 4. The van der Waals surface area contributed by atoms with E-state index in [0.717, 1.165) is 18.8 Å². The number of hydrogen-bond donors (Lipinski definition) is 2. The van der Waals surface area contributed by atoms with Gasteiger partial charge in [0.25, 0.3) is 0 Å². The van der Waals surface area contributed by atoms with Gasteiger partial charge in [0.05, 0.1) is 17.6 Å². The summed E-state index contributed by atoms with van der Waals surface area (Å²) in [5.74, 6) is -1.19. The summed E-state index contributed by atoms with van der Waals surface area (Å²) in [6, 6.07) is 3.71. The standard InChI is InChI=1S/C12H16N3O2/c1-9(12(16)17)11-8-14-5-6-15(11)10-3-2-4-13-7-10/h2-4,9,11,14H,5-6,8H2,1H3,(H,16,17). The average molecular weight is 234 g/mol. The van der Waals surface area contributed by atoms with Gasteiger partial charge in [-0.1, -0.05) is 0 Å². The molecule has 2 rings (SSSR count). The molecule has 0 aromatic carbocycles. The second kappa shape index (κ2) is 5.14. The zero-order valence-electron chi connectivity index (χ0n) is 9.76. The Morgan fingerprint density at radius 2 is 2.59 bits per heavy atom. The van der Waals surface area contributed by atoms with E-state index in [-0.39, 0.29) is 6.04 Å². The Morgan fingerprint density at radius 3 is 3.24 bits per heavy atom. The normalized spacial score (nSPS) is 22.2. The Labute approximate surface area is 100 Å². The van der Waals surface area contributed by atoms with Crippen molar-refractivity contribution in [1.82, 2.24) is 10.3 Å². The maximum Gasteiger partial charge on any atom is 0.308 e. The van der Waals surface area contributed by atoms with E-state index in [9.17, 15) is 4.79 Å². The fourth-order valence-corrected chi connectivity index (χ4v) is 2.11. The first-order chi connectivity index (χ1) is 8.20.